The number of aliphatic hydroxyl groups excluding tert-OH is 1. The van der Waals surface area contributed by atoms with E-state index in [0.29, 0.717) is 76.4 Å². The maximum absolute atomic E-state index is 14.1. The van der Waals surface area contributed by atoms with Crippen molar-refractivity contribution in [3.8, 4) is 17.2 Å². The molecule has 71 heavy (non-hydrogen) atoms. The van der Waals surface area contributed by atoms with Crippen LogP contribution in [0.15, 0.2) is 91.0 Å². The van der Waals surface area contributed by atoms with Gasteiger partial charge in [0.15, 0.2) is 17.3 Å². The highest BCUT2D eigenvalue weighted by molar-refractivity contribution is 6.10. The molecule has 0 bridgehead atoms. The highest BCUT2D eigenvalue weighted by Gasteiger charge is 2.42. The van der Waals surface area contributed by atoms with Gasteiger partial charge in [0, 0.05) is 59.4 Å². The first-order valence-electron chi connectivity index (χ1n) is 24.8. The molecular formula is C58H64N4O9. The third-order valence-electron chi connectivity index (χ3n) is 14.4. The van der Waals surface area contributed by atoms with Gasteiger partial charge in [-0.15, -0.1) is 0 Å². The number of amides is 4. The fraction of sp³-hybridized carbons (Fsp3) is 0.397. The number of aliphatic hydroxyl groups is 1. The molecular weight excluding hydrogens is 897 g/mol. The standard InChI is InChI=1S/C58H64N4O9/c1-33-20-44-41(27-50(64)48-26-40-13-9-11-15-47(40)62(48)57(44)68)29-51(33)70-31-36-22-37(24-42(23-36)60-55(66)34(2)21-49(63)35(3)59-54(65)18-19-58(4,5)6)32-71-53-28-38-16-17-43-25-39-12-8-10-14-46(39)61(43)56(67)45(38)30-52(53)69-7/h8-15,20,22-24,28-30,34-35,43,48,50,64H,16-19,21,25-27,31-32H2,1-7H3,(H,59,65)(H,60,66)/t34-,35-,43+,48-,50?/m0/s1. The number of carbonyl (C=O) groups excluding carboxylic acids is 5. The molecule has 3 N–H and O–H groups in total. The summed E-state index contributed by atoms with van der Waals surface area (Å²) in [6, 6.07) is 27.7. The van der Waals surface area contributed by atoms with Gasteiger partial charge in [-0.25, -0.2) is 0 Å². The molecule has 0 aliphatic carbocycles. The lowest BCUT2D eigenvalue weighted by molar-refractivity contribution is -0.129. The van der Waals surface area contributed by atoms with Crippen LogP contribution < -0.4 is 34.6 Å². The number of para-hydroxylation sites is 2. The highest BCUT2D eigenvalue weighted by atomic mass is 16.5. The van der Waals surface area contributed by atoms with Gasteiger partial charge in [-0.2, -0.15) is 0 Å². The number of ketones is 1. The smallest absolute Gasteiger partial charge is 0.258 e. The molecule has 9 rings (SSSR count). The highest BCUT2D eigenvalue weighted by Crippen LogP contribution is 2.42. The molecule has 370 valence electrons. The van der Waals surface area contributed by atoms with Crippen molar-refractivity contribution >= 4 is 46.5 Å². The molecule has 5 aromatic rings. The van der Waals surface area contributed by atoms with E-state index in [9.17, 15) is 29.1 Å². The number of benzene rings is 5. The molecule has 4 amide bonds. The molecule has 0 fully saturated rings. The maximum Gasteiger partial charge on any atom is 0.258 e. The molecule has 1 unspecified atom stereocenters. The first-order chi connectivity index (χ1) is 33.9. The quantitative estimate of drug-likeness (QED) is 0.0929. The first kappa shape index (κ1) is 49.0. The molecule has 5 atom stereocenters. The van der Waals surface area contributed by atoms with Crippen molar-refractivity contribution < 1.29 is 43.3 Å². The molecule has 0 aromatic heterocycles. The summed E-state index contributed by atoms with van der Waals surface area (Å²) in [4.78, 5) is 71.6. The van der Waals surface area contributed by atoms with Gasteiger partial charge in [-0.3, -0.25) is 24.0 Å². The molecule has 0 saturated carbocycles. The number of methoxy groups -OCH3 is 1. The van der Waals surface area contributed by atoms with Crippen molar-refractivity contribution in [2.45, 2.75) is 130 Å². The second kappa shape index (κ2) is 20.0. The lowest BCUT2D eigenvalue weighted by Crippen LogP contribution is -2.43. The molecule has 4 heterocycles. The number of Topliss-reactive ketones (excluding diaryl/α,β-unsaturated/α-hetero) is 1. The Kier molecular flexibility index (Phi) is 13.8. The average molecular weight is 961 g/mol. The van der Waals surface area contributed by atoms with Gasteiger partial charge < -0.3 is 39.8 Å². The van der Waals surface area contributed by atoms with Crippen LogP contribution in [0.5, 0.6) is 17.2 Å². The predicted octanol–water partition coefficient (Wildman–Crippen LogP) is 9.03. The number of aryl methyl sites for hydroxylation is 2. The summed E-state index contributed by atoms with van der Waals surface area (Å²) in [7, 11) is 1.55. The molecule has 0 saturated heterocycles. The van der Waals surface area contributed by atoms with E-state index in [-0.39, 0.29) is 73.0 Å². The van der Waals surface area contributed by atoms with E-state index in [0.717, 1.165) is 40.9 Å². The summed E-state index contributed by atoms with van der Waals surface area (Å²) in [5.74, 6) is -0.293. The first-order valence-corrected chi connectivity index (χ1v) is 24.8. The van der Waals surface area contributed by atoms with E-state index in [4.69, 9.17) is 14.2 Å². The van der Waals surface area contributed by atoms with Crippen molar-refractivity contribution in [2.24, 2.45) is 11.3 Å². The topological polar surface area (TPSA) is 164 Å². The van der Waals surface area contributed by atoms with Crippen molar-refractivity contribution in [1.82, 2.24) is 5.32 Å². The summed E-state index contributed by atoms with van der Waals surface area (Å²) in [5.41, 5.74) is 9.29. The zero-order valence-corrected chi connectivity index (χ0v) is 41.7. The zero-order chi connectivity index (χ0) is 50.3. The van der Waals surface area contributed by atoms with Crippen molar-refractivity contribution in [3.63, 3.8) is 0 Å². The van der Waals surface area contributed by atoms with Crippen molar-refractivity contribution in [2.75, 3.05) is 22.2 Å². The number of anilines is 3. The fourth-order valence-corrected chi connectivity index (χ4v) is 10.5. The average Bonchev–Trinajstić information content (AvgIpc) is 3.86. The Labute approximate surface area is 415 Å². The van der Waals surface area contributed by atoms with E-state index < -0.39 is 18.1 Å². The number of hydrogen-bond donors (Lipinski definition) is 3. The Balaban J connectivity index is 0.945. The summed E-state index contributed by atoms with van der Waals surface area (Å²) >= 11 is 0. The van der Waals surface area contributed by atoms with Gasteiger partial charge in [-0.1, -0.05) is 64.1 Å². The monoisotopic (exact) mass is 960 g/mol. The van der Waals surface area contributed by atoms with E-state index in [1.807, 2.05) is 90.7 Å². The second-order valence-electron chi connectivity index (χ2n) is 21.0. The van der Waals surface area contributed by atoms with Crippen LogP contribution >= 0.6 is 0 Å². The molecule has 13 heteroatoms. The Morgan fingerprint density at radius 1 is 0.746 bits per heavy atom. The largest absolute Gasteiger partial charge is 0.493 e. The number of nitrogens with zero attached hydrogens (tertiary/aromatic N) is 2. The fourth-order valence-electron chi connectivity index (χ4n) is 10.5. The third kappa shape index (κ3) is 10.4. The summed E-state index contributed by atoms with van der Waals surface area (Å²) < 4.78 is 18.8. The minimum absolute atomic E-state index is 0.0217. The summed E-state index contributed by atoms with van der Waals surface area (Å²) in [6.45, 7) is 11.5. The molecule has 0 radical (unpaired) electrons. The lowest BCUT2D eigenvalue weighted by Gasteiger charge is -2.26. The Morgan fingerprint density at radius 2 is 1.37 bits per heavy atom. The van der Waals surface area contributed by atoms with Crippen molar-refractivity contribution in [3.05, 3.63) is 141 Å². The number of fused-ring (bicyclic) bond motifs is 8. The van der Waals surface area contributed by atoms with Gasteiger partial charge in [0.2, 0.25) is 11.8 Å². The zero-order valence-electron chi connectivity index (χ0n) is 41.7. The molecule has 4 aliphatic rings. The van der Waals surface area contributed by atoms with Crippen LogP contribution in [0.25, 0.3) is 0 Å². The lowest BCUT2D eigenvalue weighted by atomic mass is 9.90. The van der Waals surface area contributed by atoms with Crippen LogP contribution in [0.3, 0.4) is 0 Å². The molecule has 13 nitrogen and oxygen atoms in total. The number of nitrogens with one attached hydrogen (secondary N) is 2. The Bertz CT molecular complexity index is 2920. The van der Waals surface area contributed by atoms with Gasteiger partial charge in [0.1, 0.15) is 19.0 Å². The van der Waals surface area contributed by atoms with E-state index >= 15 is 0 Å². The minimum atomic E-state index is -0.780. The summed E-state index contributed by atoms with van der Waals surface area (Å²) in [6.07, 6.45) is 3.29. The Morgan fingerprint density at radius 3 is 2.06 bits per heavy atom. The van der Waals surface area contributed by atoms with Crippen LogP contribution in [0.2, 0.25) is 0 Å². The minimum Gasteiger partial charge on any atom is -0.493 e. The maximum atomic E-state index is 14.1. The van der Waals surface area contributed by atoms with Gasteiger partial charge in [0.25, 0.3) is 11.8 Å². The Hall–Kier alpha value is -6.99. The predicted molar refractivity (Wildman–Crippen MR) is 273 cm³/mol. The van der Waals surface area contributed by atoms with Crippen LogP contribution in [-0.4, -0.2) is 65.9 Å². The van der Waals surface area contributed by atoms with Crippen LogP contribution in [0.1, 0.15) is 120 Å². The molecule has 5 aromatic carbocycles. The summed E-state index contributed by atoms with van der Waals surface area (Å²) in [5, 5.41) is 17.3. The number of rotatable bonds is 15. The third-order valence-corrected chi connectivity index (χ3v) is 14.4. The van der Waals surface area contributed by atoms with Crippen LogP contribution in [-0.2, 0) is 53.3 Å². The van der Waals surface area contributed by atoms with E-state index in [1.54, 1.807) is 31.9 Å². The van der Waals surface area contributed by atoms with Gasteiger partial charge >= 0.3 is 0 Å². The van der Waals surface area contributed by atoms with Crippen LogP contribution in [0.4, 0.5) is 17.1 Å². The molecule has 0 spiro atoms. The van der Waals surface area contributed by atoms with Gasteiger partial charge in [0.05, 0.1) is 25.3 Å². The normalized spacial score (nSPS) is 18.6. The van der Waals surface area contributed by atoms with E-state index in [2.05, 4.69) is 37.5 Å². The van der Waals surface area contributed by atoms with Crippen LogP contribution in [0, 0.1) is 18.3 Å². The number of hydrogen-bond acceptors (Lipinski definition) is 9. The van der Waals surface area contributed by atoms with Gasteiger partial charge in [-0.05, 0) is 145 Å². The van der Waals surface area contributed by atoms with Crippen molar-refractivity contribution in [1.29, 1.82) is 0 Å². The van der Waals surface area contributed by atoms with E-state index in [1.165, 1.54) is 5.56 Å². The molecule has 4 aliphatic heterocycles. The SMILES string of the molecule is COc1cc2c(cc1OCc1cc(COc3cc4c(cc3C)C(=O)N3c5ccccc5C[C@H]3C(O)C4)cc(NC(=O)[C@@H](C)CC(=O)[C@H](C)NC(=O)CCC(C)(C)C)c1)CC[C@@H]1Cc3ccccc3N1C2=O. The number of ether oxygens (including phenoxy) is 3. The number of carbonyl (C=O) groups is 5. The second-order valence-corrected chi connectivity index (χ2v) is 21.0.